The summed E-state index contributed by atoms with van der Waals surface area (Å²) in [5.41, 5.74) is 13.8. The number of aryl methyl sites for hydroxylation is 6. The molecule has 0 fully saturated rings. The van der Waals surface area contributed by atoms with E-state index in [0.29, 0.717) is 41.1 Å². The molecule has 0 atom stereocenters. The fourth-order valence-corrected chi connectivity index (χ4v) is 6.51. The molecule has 6 nitrogen and oxygen atoms in total. The van der Waals surface area contributed by atoms with Crippen LogP contribution in [0.25, 0.3) is 34.8 Å². The molecular weight excluding hydrogens is 817 g/mol. The molecule has 0 spiro atoms. The molecule has 66 heavy (non-hydrogen) atoms. The molecule has 0 N–H and O–H groups in total. The van der Waals surface area contributed by atoms with Crippen molar-refractivity contribution < 1.29 is 23.5 Å². The monoisotopic (exact) mass is 878 g/mol. The van der Waals surface area contributed by atoms with Crippen LogP contribution in [-0.4, -0.2) is 12.6 Å². The lowest BCUT2D eigenvalue weighted by Gasteiger charge is -2.19. The third-order valence-corrected chi connectivity index (χ3v) is 10.1. The van der Waals surface area contributed by atoms with Crippen LogP contribution in [0.5, 0.6) is 11.5 Å². The van der Waals surface area contributed by atoms with Gasteiger partial charge in [-0.2, -0.15) is 0 Å². The standard InChI is InChI=1S/C14H14O2.C13H12O2.C12H10O2.C11H12.C9H10.CH4/c1-4-5-12-10(3)11-7-6-9(2)8-13(11)16-14(12)15;1-9-3-4-12-11(5-6-14)8-10(2)15-13(12)7-9;1-8-3-4-10-6-11(7-13)9(2)14-12(10)5-8;1-3-4-5-11-8-6-10(2)7-9-11;1-3-9-6-4-8(2)5-7-9;/h4,6-8H,1,5H2,2-3H3;3-4,6-8H,2,5H2,1H3;3-7H,2H2,1H3;3-9H,1H2,2H3;3-7H,1H2,2H3;1H4/b;;;5-4+;;. The molecule has 0 saturated carbocycles. The van der Waals surface area contributed by atoms with Crippen molar-refractivity contribution in [2.45, 2.75) is 61.8 Å². The van der Waals surface area contributed by atoms with E-state index in [1.807, 2.05) is 107 Å². The molecule has 0 bridgehead atoms. The average Bonchev–Trinajstić information content (AvgIpc) is 3.28. The molecule has 8 rings (SSSR count). The molecule has 0 unspecified atom stereocenters. The Morgan fingerprint density at radius 2 is 1.20 bits per heavy atom. The predicted molar refractivity (Wildman–Crippen MR) is 279 cm³/mol. The first kappa shape index (κ1) is 52.5. The smallest absolute Gasteiger partial charge is 0.340 e. The molecule has 0 radical (unpaired) electrons. The zero-order valence-corrected chi connectivity index (χ0v) is 38.4. The minimum absolute atomic E-state index is 0. The summed E-state index contributed by atoms with van der Waals surface area (Å²) in [5, 5.41) is 1.00. The van der Waals surface area contributed by atoms with Crippen LogP contribution >= 0.6 is 0 Å². The van der Waals surface area contributed by atoms with Crippen molar-refractivity contribution >= 4 is 47.3 Å². The summed E-state index contributed by atoms with van der Waals surface area (Å²) in [6, 6.07) is 34.4. The maximum absolute atomic E-state index is 11.7. The number of ether oxygens (including phenoxy) is 2. The van der Waals surface area contributed by atoms with Gasteiger partial charge in [0.2, 0.25) is 0 Å². The van der Waals surface area contributed by atoms with Crippen LogP contribution < -0.4 is 15.1 Å². The summed E-state index contributed by atoms with van der Waals surface area (Å²) in [6.07, 6.45) is 15.5. The van der Waals surface area contributed by atoms with Gasteiger partial charge < -0.3 is 18.7 Å². The van der Waals surface area contributed by atoms with E-state index in [9.17, 15) is 14.4 Å². The highest BCUT2D eigenvalue weighted by molar-refractivity contribution is 5.89. The minimum atomic E-state index is -0.254. The molecule has 0 saturated heterocycles. The quantitative estimate of drug-likeness (QED) is 0.0655. The van der Waals surface area contributed by atoms with Gasteiger partial charge in [0.25, 0.3) is 0 Å². The number of hydrogen-bond acceptors (Lipinski definition) is 6. The second-order valence-electron chi connectivity index (χ2n) is 15.5. The van der Waals surface area contributed by atoms with Gasteiger partial charge in [0, 0.05) is 28.5 Å². The maximum atomic E-state index is 11.7. The van der Waals surface area contributed by atoms with Crippen molar-refractivity contribution in [3.8, 4) is 11.5 Å². The molecule has 0 amide bonds. The number of fused-ring (bicyclic) bond motifs is 3. The van der Waals surface area contributed by atoms with Crippen molar-refractivity contribution in [2.24, 2.45) is 0 Å². The Hall–Kier alpha value is -7.83. The number of carbonyl (C=O) groups excluding carboxylic acids is 2. The van der Waals surface area contributed by atoms with Crippen molar-refractivity contribution in [1.29, 1.82) is 0 Å². The number of rotatable bonds is 8. The van der Waals surface area contributed by atoms with Crippen LogP contribution in [-0.2, 0) is 16.0 Å². The molecular formula is C60H62O6. The van der Waals surface area contributed by atoms with Crippen LogP contribution in [0.15, 0.2) is 187 Å². The molecule has 338 valence electrons. The van der Waals surface area contributed by atoms with Crippen LogP contribution in [0.4, 0.5) is 0 Å². The largest absolute Gasteiger partial charge is 0.457 e. The summed E-state index contributed by atoms with van der Waals surface area (Å²) < 4.78 is 16.2. The van der Waals surface area contributed by atoms with E-state index in [-0.39, 0.29) is 13.1 Å². The SMILES string of the molecule is C.C=C/C=C/c1ccc(C)cc1.C=C1C=C(CC=O)c2ccc(C)cc2O1.C=C1Oc2cc(C)ccc2C=C1C=O.C=CCc1c(C)c2ccc(C)cc2oc1=O.C=Cc1ccc(C)cc1. The first-order valence-electron chi connectivity index (χ1n) is 21.1. The van der Waals surface area contributed by atoms with Gasteiger partial charge in [-0.05, 0) is 117 Å². The second kappa shape index (κ2) is 26.1. The number of hydrogen-bond donors (Lipinski definition) is 0. The number of allylic oxidation sites excluding steroid dienone is 6. The van der Waals surface area contributed by atoms with E-state index in [4.69, 9.17) is 13.9 Å². The Morgan fingerprint density at radius 3 is 1.79 bits per heavy atom. The first-order valence-corrected chi connectivity index (χ1v) is 21.1. The van der Waals surface area contributed by atoms with Crippen molar-refractivity contribution in [3.05, 3.63) is 249 Å². The Morgan fingerprint density at radius 1 is 0.621 bits per heavy atom. The zero-order chi connectivity index (χ0) is 47.5. The van der Waals surface area contributed by atoms with Gasteiger partial charge in [-0.3, -0.25) is 4.79 Å². The van der Waals surface area contributed by atoms with Crippen LogP contribution in [0, 0.1) is 41.5 Å². The normalized spacial score (nSPS) is 11.7. The molecule has 3 heterocycles. The fraction of sp³-hybridized carbons (Fsp3) is 0.150. The van der Waals surface area contributed by atoms with E-state index in [2.05, 4.69) is 95.3 Å². The highest BCUT2D eigenvalue weighted by Crippen LogP contribution is 2.35. The summed E-state index contributed by atoms with van der Waals surface area (Å²) in [7, 11) is 0. The summed E-state index contributed by atoms with van der Waals surface area (Å²) in [4.78, 5) is 32.9. The Bertz CT molecular complexity index is 2840. The first-order chi connectivity index (χ1) is 31.2. The Labute approximate surface area is 391 Å². The number of benzene rings is 5. The molecule has 2 aliphatic rings. The third kappa shape index (κ3) is 15.5. The lowest BCUT2D eigenvalue weighted by molar-refractivity contribution is -0.107. The van der Waals surface area contributed by atoms with E-state index < -0.39 is 0 Å². The second-order valence-corrected chi connectivity index (χ2v) is 15.5. The zero-order valence-electron chi connectivity index (χ0n) is 38.4. The molecule has 6 heteroatoms. The van der Waals surface area contributed by atoms with Crippen LogP contribution in [0.3, 0.4) is 0 Å². The number of carbonyl (C=O) groups is 2. The molecule has 5 aromatic carbocycles. The van der Waals surface area contributed by atoms with Gasteiger partial charge in [0.1, 0.15) is 34.9 Å². The molecule has 2 aliphatic heterocycles. The highest BCUT2D eigenvalue weighted by Gasteiger charge is 2.16. The lowest BCUT2D eigenvalue weighted by atomic mass is 9.98. The Balaban J connectivity index is 0.000000221. The van der Waals surface area contributed by atoms with E-state index in [1.165, 1.54) is 22.3 Å². The minimum Gasteiger partial charge on any atom is -0.457 e. The molecule has 6 aromatic rings. The van der Waals surface area contributed by atoms with Gasteiger partial charge in [-0.25, -0.2) is 4.79 Å². The van der Waals surface area contributed by atoms with Gasteiger partial charge in [-0.1, -0.05) is 160 Å². The highest BCUT2D eigenvalue weighted by atomic mass is 16.5. The van der Waals surface area contributed by atoms with Gasteiger partial charge >= 0.3 is 5.63 Å². The van der Waals surface area contributed by atoms with E-state index in [1.54, 1.807) is 18.2 Å². The lowest BCUT2D eigenvalue weighted by Crippen LogP contribution is -2.09. The summed E-state index contributed by atoms with van der Waals surface area (Å²) in [6.45, 7) is 30.4. The summed E-state index contributed by atoms with van der Waals surface area (Å²) in [5.74, 6) is 2.56. The fourth-order valence-electron chi connectivity index (χ4n) is 6.51. The maximum Gasteiger partial charge on any atom is 0.340 e. The summed E-state index contributed by atoms with van der Waals surface area (Å²) >= 11 is 0. The predicted octanol–water partition coefficient (Wildman–Crippen LogP) is 15.0. The van der Waals surface area contributed by atoms with Crippen LogP contribution in [0.2, 0.25) is 0 Å². The van der Waals surface area contributed by atoms with Crippen molar-refractivity contribution in [3.63, 3.8) is 0 Å². The van der Waals surface area contributed by atoms with Crippen molar-refractivity contribution in [2.75, 3.05) is 0 Å². The van der Waals surface area contributed by atoms with E-state index in [0.717, 1.165) is 68.4 Å². The molecule has 0 aliphatic carbocycles. The molecule has 1 aromatic heterocycles. The average molecular weight is 879 g/mol. The van der Waals surface area contributed by atoms with Crippen molar-refractivity contribution in [1.82, 2.24) is 0 Å². The van der Waals surface area contributed by atoms with Gasteiger partial charge in [0.05, 0.1) is 5.57 Å². The topological polar surface area (TPSA) is 82.8 Å². The van der Waals surface area contributed by atoms with Crippen LogP contribution in [0.1, 0.15) is 75.0 Å². The Kier molecular flexibility index (Phi) is 20.7. The number of aldehydes is 2. The van der Waals surface area contributed by atoms with Gasteiger partial charge in [-0.15, -0.1) is 6.58 Å². The third-order valence-electron chi connectivity index (χ3n) is 10.1. The van der Waals surface area contributed by atoms with Gasteiger partial charge in [0.15, 0.2) is 6.29 Å². The van der Waals surface area contributed by atoms with E-state index >= 15 is 0 Å².